The van der Waals surface area contributed by atoms with Crippen molar-refractivity contribution in [3.05, 3.63) is 63.2 Å². The zero-order chi connectivity index (χ0) is 15.7. The van der Waals surface area contributed by atoms with Crippen molar-refractivity contribution in [2.75, 3.05) is 5.32 Å². The summed E-state index contributed by atoms with van der Waals surface area (Å²) in [5.41, 5.74) is 1.01. The van der Waals surface area contributed by atoms with Crippen LogP contribution >= 0.6 is 15.9 Å². The summed E-state index contributed by atoms with van der Waals surface area (Å²) in [5, 5.41) is 2.71. The Morgan fingerprint density at radius 2 is 2.09 bits per heavy atom. The number of halogens is 2. The molecule has 22 heavy (non-hydrogen) atoms. The van der Waals surface area contributed by atoms with Gasteiger partial charge in [-0.3, -0.25) is 9.36 Å². The number of hydrogen-bond acceptors (Lipinski definition) is 2. The van der Waals surface area contributed by atoms with Gasteiger partial charge in [0, 0.05) is 10.2 Å². The standard InChI is InChI=1S/C15H11BrFN3O2/c16-9-2-1-3-11(6-9)18-14(21)8-20-13-5-4-10(17)7-12(13)19-15(20)22/h1-7H,8H2,(H,18,21)(H,19,22). The molecule has 0 unspecified atom stereocenters. The minimum Gasteiger partial charge on any atom is -0.324 e. The summed E-state index contributed by atoms with van der Waals surface area (Å²) in [6.45, 7) is -0.156. The lowest BCUT2D eigenvalue weighted by Crippen LogP contribution is -2.25. The van der Waals surface area contributed by atoms with Crippen molar-refractivity contribution in [1.29, 1.82) is 0 Å². The highest BCUT2D eigenvalue weighted by atomic mass is 79.9. The number of H-pyrrole nitrogens is 1. The van der Waals surface area contributed by atoms with Crippen LogP contribution in [0.2, 0.25) is 0 Å². The molecule has 1 amide bonds. The smallest absolute Gasteiger partial charge is 0.324 e. The van der Waals surface area contributed by atoms with Gasteiger partial charge in [-0.15, -0.1) is 0 Å². The molecule has 2 N–H and O–H groups in total. The highest BCUT2D eigenvalue weighted by molar-refractivity contribution is 9.10. The van der Waals surface area contributed by atoms with E-state index in [1.807, 2.05) is 6.07 Å². The average molecular weight is 364 g/mol. The van der Waals surface area contributed by atoms with Gasteiger partial charge in [-0.1, -0.05) is 22.0 Å². The van der Waals surface area contributed by atoms with E-state index < -0.39 is 11.5 Å². The molecule has 0 fully saturated rings. The van der Waals surface area contributed by atoms with E-state index in [2.05, 4.69) is 26.2 Å². The summed E-state index contributed by atoms with van der Waals surface area (Å²) in [4.78, 5) is 26.5. The van der Waals surface area contributed by atoms with Crippen LogP contribution in [0.1, 0.15) is 0 Å². The fraction of sp³-hybridized carbons (Fsp3) is 0.0667. The number of nitrogens with one attached hydrogen (secondary N) is 2. The van der Waals surface area contributed by atoms with E-state index in [-0.39, 0.29) is 12.5 Å². The third-order valence-corrected chi connectivity index (χ3v) is 3.64. The maximum Gasteiger partial charge on any atom is 0.326 e. The molecular formula is C15H11BrFN3O2. The van der Waals surface area contributed by atoms with Gasteiger partial charge in [-0.25, -0.2) is 9.18 Å². The second kappa shape index (κ2) is 5.76. The van der Waals surface area contributed by atoms with Crippen LogP contribution in [-0.2, 0) is 11.3 Å². The SMILES string of the molecule is O=C(Cn1c(=O)[nH]c2cc(F)ccc21)Nc1cccc(Br)c1. The van der Waals surface area contributed by atoms with Crippen LogP contribution in [0.5, 0.6) is 0 Å². The maximum atomic E-state index is 13.2. The Morgan fingerprint density at radius 3 is 2.86 bits per heavy atom. The molecule has 0 bridgehead atoms. The van der Waals surface area contributed by atoms with Crippen LogP contribution in [0, 0.1) is 5.82 Å². The van der Waals surface area contributed by atoms with Gasteiger partial charge >= 0.3 is 5.69 Å². The van der Waals surface area contributed by atoms with E-state index in [9.17, 15) is 14.0 Å². The molecule has 5 nitrogen and oxygen atoms in total. The molecule has 0 saturated carbocycles. The third kappa shape index (κ3) is 2.94. The largest absolute Gasteiger partial charge is 0.326 e. The van der Waals surface area contributed by atoms with Gasteiger partial charge in [-0.05, 0) is 36.4 Å². The predicted octanol–water partition coefficient (Wildman–Crippen LogP) is 2.87. The lowest BCUT2D eigenvalue weighted by Gasteiger charge is -2.06. The highest BCUT2D eigenvalue weighted by Gasteiger charge is 2.11. The fourth-order valence-corrected chi connectivity index (χ4v) is 2.60. The normalized spacial score (nSPS) is 10.8. The predicted molar refractivity (Wildman–Crippen MR) is 85.3 cm³/mol. The Labute approximate surface area is 132 Å². The van der Waals surface area contributed by atoms with Gasteiger partial charge in [0.2, 0.25) is 5.91 Å². The quantitative estimate of drug-likeness (QED) is 0.751. The molecular weight excluding hydrogens is 353 g/mol. The molecule has 2 aromatic carbocycles. The summed E-state index contributed by atoms with van der Waals surface area (Å²) >= 11 is 3.32. The molecule has 3 aromatic rings. The number of amides is 1. The first-order valence-corrected chi connectivity index (χ1v) is 7.26. The van der Waals surface area contributed by atoms with Gasteiger partial charge < -0.3 is 10.3 Å². The summed E-state index contributed by atoms with van der Waals surface area (Å²) in [5.74, 6) is -0.787. The van der Waals surface area contributed by atoms with E-state index in [0.717, 1.165) is 4.47 Å². The number of anilines is 1. The zero-order valence-corrected chi connectivity index (χ0v) is 12.9. The molecule has 1 aromatic heterocycles. The minimum absolute atomic E-state index is 0.156. The van der Waals surface area contributed by atoms with E-state index >= 15 is 0 Å². The number of imidazole rings is 1. The van der Waals surface area contributed by atoms with Crippen LogP contribution in [0.4, 0.5) is 10.1 Å². The average Bonchev–Trinajstić information content (AvgIpc) is 2.74. The van der Waals surface area contributed by atoms with Crippen LogP contribution in [0.15, 0.2) is 51.7 Å². The minimum atomic E-state index is -0.454. The molecule has 0 aliphatic heterocycles. The first-order valence-electron chi connectivity index (χ1n) is 6.46. The van der Waals surface area contributed by atoms with Gasteiger partial charge in [0.15, 0.2) is 0 Å². The topological polar surface area (TPSA) is 66.9 Å². The number of aromatic amines is 1. The highest BCUT2D eigenvalue weighted by Crippen LogP contribution is 2.16. The number of nitrogens with zero attached hydrogens (tertiary/aromatic N) is 1. The van der Waals surface area contributed by atoms with Crippen LogP contribution < -0.4 is 11.0 Å². The first kappa shape index (κ1) is 14.5. The number of aromatic nitrogens is 2. The second-order valence-corrected chi connectivity index (χ2v) is 5.65. The number of fused-ring (bicyclic) bond motifs is 1. The molecule has 1 heterocycles. The Morgan fingerprint density at radius 1 is 1.27 bits per heavy atom. The molecule has 7 heteroatoms. The van der Waals surface area contributed by atoms with Crippen molar-refractivity contribution in [2.45, 2.75) is 6.54 Å². The zero-order valence-electron chi connectivity index (χ0n) is 11.3. The van der Waals surface area contributed by atoms with Crippen molar-refractivity contribution in [3.8, 4) is 0 Å². The van der Waals surface area contributed by atoms with Crippen LogP contribution in [0.3, 0.4) is 0 Å². The summed E-state index contributed by atoms with van der Waals surface area (Å²) in [6, 6.07) is 11.1. The van der Waals surface area contributed by atoms with Crippen molar-refractivity contribution >= 4 is 38.6 Å². The van der Waals surface area contributed by atoms with E-state index in [0.29, 0.717) is 16.7 Å². The molecule has 0 radical (unpaired) electrons. The summed E-state index contributed by atoms with van der Waals surface area (Å²) < 4.78 is 15.3. The van der Waals surface area contributed by atoms with Gasteiger partial charge in [0.05, 0.1) is 11.0 Å². The summed E-state index contributed by atoms with van der Waals surface area (Å²) in [7, 11) is 0. The number of rotatable bonds is 3. The van der Waals surface area contributed by atoms with Gasteiger partial charge in [0.25, 0.3) is 0 Å². The summed E-state index contributed by atoms with van der Waals surface area (Å²) in [6.07, 6.45) is 0. The van der Waals surface area contributed by atoms with Crippen molar-refractivity contribution in [3.63, 3.8) is 0 Å². The second-order valence-electron chi connectivity index (χ2n) is 4.74. The van der Waals surface area contributed by atoms with Crippen molar-refractivity contribution < 1.29 is 9.18 Å². The first-order chi connectivity index (χ1) is 10.5. The molecule has 0 spiro atoms. The van der Waals surface area contributed by atoms with E-state index in [1.54, 1.807) is 18.2 Å². The Bertz CT molecular complexity index is 917. The molecule has 0 saturated heterocycles. The molecule has 0 atom stereocenters. The molecule has 0 aliphatic carbocycles. The number of carbonyl (C=O) groups is 1. The Balaban J connectivity index is 1.85. The monoisotopic (exact) mass is 363 g/mol. The van der Waals surface area contributed by atoms with E-state index in [1.165, 1.54) is 22.8 Å². The number of hydrogen-bond donors (Lipinski definition) is 2. The Hall–Kier alpha value is -2.41. The van der Waals surface area contributed by atoms with E-state index in [4.69, 9.17) is 0 Å². The van der Waals surface area contributed by atoms with Crippen molar-refractivity contribution in [1.82, 2.24) is 9.55 Å². The van der Waals surface area contributed by atoms with Crippen molar-refractivity contribution in [2.24, 2.45) is 0 Å². The lowest BCUT2D eigenvalue weighted by atomic mass is 10.3. The lowest BCUT2D eigenvalue weighted by molar-refractivity contribution is -0.116. The molecule has 3 rings (SSSR count). The van der Waals surface area contributed by atoms with Crippen LogP contribution in [-0.4, -0.2) is 15.5 Å². The number of benzene rings is 2. The Kier molecular flexibility index (Phi) is 3.81. The molecule has 0 aliphatic rings. The third-order valence-electron chi connectivity index (χ3n) is 3.15. The molecule has 112 valence electrons. The maximum absolute atomic E-state index is 13.2. The fourth-order valence-electron chi connectivity index (χ4n) is 2.20. The van der Waals surface area contributed by atoms with Gasteiger partial charge in [0.1, 0.15) is 12.4 Å². The number of carbonyl (C=O) groups excluding carboxylic acids is 1. The van der Waals surface area contributed by atoms with Gasteiger partial charge in [-0.2, -0.15) is 0 Å². The van der Waals surface area contributed by atoms with Crippen LogP contribution in [0.25, 0.3) is 11.0 Å².